The van der Waals surface area contributed by atoms with E-state index in [0.29, 0.717) is 6.54 Å². The van der Waals surface area contributed by atoms with Crippen molar-refractivity contribution in [3.8, 4) is 0 Å². The molecule has 0 fully saturated rings. The third-order valence-electron chi connectivity index (χ3n) is 0.319. The molecule has 0 unspecified atom stereocenters. The van der Waals surface area contributed by atoms with Crippen LogP contribution in [0.4, 0.5) is 0 Å². The lowest BCUT2D eigenvalue weighted by Gasteiger charge is -1.73. The molecule has 0 aromatic rings. The molecule has 0 bridgehead atoms. The molecular weight excluding hydrogens is 80.0 g/mol. The molecule has 0 amide bonds. The van der Waals surface area contributed by atoms with Crippen LogP contribution in [0.2, 0.25) is 0 Å². The molecule has 0 aromatic carbocycles. The van der Waals surface area contributed by atoms with Gasteiger partial charge in [-0.1, -0.05) is 6.08 Å². The van der Waals surface area contributed by atoms with E-state index < -0.39 is 0 Å². The van der Waals surface area contributed by atoms with Gasteiger partial charge in [0.05, 0.1) is 6.54 Å². The molecule has 0 atom stereocenters. The predicted octanol–water partition coefficient (Wildman–Crippen LogP) is -1.48. The van der Waals surface area contributed by atoms with Crippen LogP contribution in [0.15, 0.2) is 12.7 Å². The minimum atomic E-state index is 0.503. The molecule has 34 valence electrons. The van der Waals surface area contributed by atoms with Gasteiger partial charge in [-0.15, -0.1) is 6.58 Å². The Labute approximate surface area is 36.0 Å². The van der Waals surface area contributed by atoms with E-state index in [-0.39, 0.29) is 0 Å². The number of rotatable bonds is 3. The van der Waals surface area contributed by atoms with Crippen molar-refractivity contribution in [2.24, 2.45) is 0 Å². The van der Waals surface area contributed by atoms with Crippen molar-refractivity contribution in [1.82, 2.24) is 5.43 Å². The molecule has 0 rings (SSSR count). The van der Waals surface area contributed by atoms with Gasteiger partial charge in [0.25, 0.3) is 0 Å². The highest BCUT2D eigenvalue weighted by Gasteiger charge is 1.70. The van der Waals surface area contributed by atoms with Gasteiger partial charge in [-0.05, 0) is 0 Å². The average Bonchev–Trinajstić information content (AvgIpc) is 1.61. The summed E-state index contributed by atoms with van der Waals surface area (Å²) in [6.07, 6.45) is 1.59. The van der Waals surface area contributed by atoms with Crippen LogP contribution in [0.5, 0.6) is 0 Å². The highest BCUT2D eigenvalue weighted by molar-refractivity contribution is 4.65. The molecule has 0 radical (unpaired) electrons. The van der Waals surface area contributed by atoms with E-state index in [1.807, 2.05) is 0 Å². The molecule has 0 aliphatic heterocycles. The van der Waals surface area contributed by atoms with Crippen LogP contribution < -0.4 is 10.7 Å². The standard InChI is InChI=1S/C3H6N2O/c1-2-3-4-5-6/h2H,1,3H2,(H,4,6)/p+1. The summed E-state index contributed by atoms with van der Waals surface area (Å²) < 4.78 is 0. The van der Waals surface area contributed by atoms with Crippen molar-refractivity contribution in [1.29, 1.82) is 0 Å². The fourth-order valence-corrected chi connectivity index (χ4v) is 0.114. The van der Waals surface area contributed by atoms with Crippen LogP contribution >= 0.6 is 0 Å². The fraction of sp³-hybridized carbons (Fsp3) is 0.333. The van der Waals surface area contributed by atoms with Crippen molar-refractivity contribution in [2.45, 2.75) is 0 Å². The smallest absolute Gasteiger partial charge is 0.100 e. The third-order valence-corrected chi connectivity index (χ3v) is 0.319. The van der Waals surface area contributed by atoms with E-state index in [4.69, 9.17) is 0 Å². The second kappa shape index (κ2) is 4.14. The lowest BCUT2D eigenvalue weighted by molar-refractivity contribution is -0.546. The van der Waals surface area contributed by atoms with E-state index >= 15 is 0 Å². The van der Waals surface area contributed by atoms with Crippen molar-refractivity contribution >= 4 is 0 Å². The zero-order chi connectivity index (χ0) is 4.83. The molecule has 3 heteroatoms. The largest absolute Gasteiger partial charge is 0.151 e. The van der Waals surface area contributed by atoms with Gasteiger partial charge in [0.1, 0.15) is 5.29 Å². The summed E-state index contributed by atoms with van der Waals surface area (Å²) in [4.78, 5) is 9.28. The zero-order valence-corrected chi connectivity index (χ0v) is 3.40. The lowest BCUT2D eigenvalue weighted by Crippen LogP contribution is -2.76. The van der Waals surface area contributed by atoms with Gasteiger partial charge >= 0.3 is 0 Å². The molecule has 6 heavy (non-hydrogen) atoms. The molecule has 0 saturated carbocycles. The summed E-state index contributed by atoms with van der Waals surface area (Å²) in [7, 11) is 0. The first-order chi connectivity index (χ1) is 2.91. The molecule has 0 saturated heterocycles. The minimum Gasteiger partial charge on any atom is -0.151 e. The van der Waals surface area contributed by atoms with Gasteiger partial charge in [0.2, 0.25) is 0 Å². The van der Waals surface area contributed by atoms with Crippen LogP contribution in [0, 0.1) is 4.91 Å². The summed E-state index contributed by atoms with van der Waals surface area (Å²) in [5, 5.41) is 1.50. The second-order valence-corrected chi connectivity index (χ2v) is 0.772. The summed E-state index contributed by atoms with van der Waals surface area (Å²) in [5.74, 6) is 0. The van der Waals surface area contributed by atoms with Crippen molar-refractivity contribution in [3.63, 3.8) is 0 Å². The topological polar surface area (TPSA) is 43.1 Å². The Kier molecular flexibility index (Phi) is 3.55. The van der Waals surface area contributed by atoms with Crippen LogP contribution in [0.1, 0.15) is 0 Å². The molecular formula is C3H7N2O+. The zero-order valence-electron chi connectivity index (χ0n) is 3.40. The lowest BCUT2D eigenvalue weighted by atomic mass is 10.7. The Hall–Kier alpha value is -0.860. The molecule has 0 aliphatic carbocycles. The fourth-order valence-electron chi connectivity index (χ4n) is 0.114. The third kappa shape index (κ3) is 3.14. The van der Waals surface area contributed by atoms with Gasteiger partial charge in [-0.3, -0.25) is 0 Å². The summed E-state index contributed by atoms with van der Waals surface area (Å²) in [6, 6.07) is 0. The average molecular weight is 87.1 g/mol. The highest BCUT2D eigenvalue weighted by Crippen LogP contribution is 1.45. The first-order valence-corrected chi connectivity index (χ1v) is 1.62. The quantitative estimate of drug-likeness (QED) is 0.250. The summed E-state index contributed by atoms with van der Waals surface area (Å²) in [5.41, 5.74) is 2.27. The Morgan fingerprint density at radius 1 is 2.00 bits per heavy atom. The van der Waals surface area contributed by atoms with E-state index in [1.165, 1.54) is 5.29 Å². The molecule has 3 nitrogen and oxygen atoms in total. The van der Waals surface area contributed by atoms with Gasteiger partial charge < -0.3 is 0 Å². The van der Waals surface area contributed by atoms with Crippen LogP contribution in [-0.2, 0) is 0 Å². The maximum Gasteiger partial charge on any atom is 0.100 e. The molecule has 0 spiro atoms. The normalized spacial score (nSPS) is 6.67. The van der Waals surface area contributed by atoms with Gasteiger partial charge in [0.15, 0.2) is 0 Å². The van der Waals surface area contributed by atoms with Gasteiger partial charge in [-0.2, -0.15) is 5.43 Å². The molecule has 0 aliphatic rings. The number of nitrogens with one attached hydrogen (secondary N) is 2. The van der Waals surface area contributed by atoms with Crippen LogP contribution in [0.3, 0.4) is 0 Å². The SMILES string of the molecule is C=CCN[NH+]=O. The number of hydrogen-bond donors (Lipinski definition) is 2. The van der Waals surface area contributed by atoms with E-state index in [9.17, 15) is 4.91 Å². The molecule has 0 aromatic heterocycles. The number of hydrogen-bond acceptors (Lipinski definition) is 1. The Bertz CT molecular complexity index is 44.8. The monoisotopic (exact) mass is 87.1 g/mol. The first-order valence-electron chi connectivity index (χ1n) is 1.62. The van der Waals surface area contributed by atoms with E-state index in [0.717, 1.165) is 0 Å². The summed E-state index contributed by atoms with van der Waals surface area (Å²) in [6.45, 7) is 3.86. The van der Waals surface area contributed by atoms with Crippen molar-refractivity contribution in [2.75, 3.05) is 6.54 Å². The molecule has 0 heterocycles. The predicted molar refractivity (Wildman–Crippen MR) is 22.5 cm³/mol. The van der Waals surface area contributed by atoms with Crippen LogP contribution in [0.25, 0.3) is 0 Å². The van der Waals surface area contributed by atoms with Crippen molar-refractivity contribution < 1.29 is 5.29 Å². The van der Waals surface area contributed by atoms with Crippen LogP contribution in [-0.4, -0.2) is 6.54 Å². The van der Waals surface area contributed by atoms with E-state index in [2.05, 4.69) is 12.0 Å². The Morgan fingerprint density at radius 2 is 2.67 bits per heavy atom. The Balaban J connectivity index is 2.66. The van der Waals surface area contributed by atoms with E-state index in [1.54, 1.807) is 6.08 Å². The van der Waals surface area contributed by atoms with Crippen molar-refractivity contribution in [3.05, 3.63) is 17.6 Å². The maximum atomic E-state index is 9.28. The highest BCUT2D eigenvalue weighted by atomic mass is 16.3. The minimum absolute atomic E-state index is 0.503. The molecule has 2 N–H and O–H groups in total. The summed E-state index contributed by atoms with van der Waals surface area (Å²) >= 11 is 0. The van der Waals surface area contributed by atoms with Gasteiger partial charge in [-0.25, -0.2) is 0 Å². The number of nitroso groups, excluding NO2 is 1. The second-order valence-electron chi connectivity index (χ2n) is 0.772. The van der Waals surface area contributed by atoms with Gasteiger partial charge in [0, 0.05) is 4.91 Å². The maximum absolute atomic E-state index is 9.28. The first kappa shape index (κ1) is 5.14. The number of hydrazine groups is 1. The Morgan fingerprint density at radius 3 is 2.83 bits per heavy atom.